The zero-order valence-corrected chi connectivity index (χ0v) is 24.7. The summed E-state index contributed by atoms with van der Waals surface area (Å²) in [6.45, 7) is 9.50. The van der Waals surface area contributed by atoms with Crippen LogP contribution in [0.4, 0.5) is 11.4 Å². The quantitative estimate of drug-likeness (QED) is 0.194. The number of piperidine rings is 1. The minimum Gasteiger partial charge on any atom is -0.483 e. The molecule has 11 nitrogen and oxygen atoms in total. The van der Waals surface area contributed by atoms with Gasteiger partial charge >= 0.3 is 0 Å². The highest BCUT2D eigenvalue weighted by Gasteiger charge is 2.39. The van der Waals surface area contributed by atoms with Crippen LogP contribution in [-0.4, -0.2) is 54.3 Å². The zero-order chi connectivity index (χ0) is 30.4. The molecular formula is C31H40N6O5. The molecule has 2 aromatic rings. The van der Waals surface area contributed by atoms with Gasteiger partial charge in [0.1, 0.15) is 11.8 Å². The Balaban J connectivity index is 1.56. The number of nitrogens with zero attached hydrogens (tertiary/aromatic N) is 3. The number of carbonyl (C=O) groups excluding carboxylic acids is 4. The molecule has 0 aliphatic carbocycles. The lowest BCUT2D eigenvalue weighted by atomic mass is 9.93. The summed E-state index contributed by atoms with van der Waals surface area (Å²) in [5, 5.41) is 14.3. The first-order valence-electron chi connectivity index (χ1n) is 14.6. The van der Waals surface area contributed by atoms with E-state index in [1.165, 1.54) is 4.90 Å². The summed E-state index contributed by atoms with van der Waals surface area (Å²) in [5.74, 6) is -0.340. The summed E-state index contributed by atoms with van der Waals surface area (Å²) >= 11 is 0. The second kappa shape index (κ2) is 13.7. The van der Waals surface area contributed by atoms with Crippen molar-refractivity contribution in [2.24, 2.45) is 16.0 Å². The van der Waals surface area contributed by atoms with E-state index in [1.807, 2.05) is 12.1 Å². The Kier molecular flexibility index (Phi) is 10.1. The smallest absolute Gasteiger partial charge is 0.257 e. The molecule has 1 fully saturated rings. The van der Waals surface area contributed by atoms with Crippen LogP contribution in [0.3, 0.4) is 0 Å². The summed E-state index contributed by atoms with van der Waals surface area (Å²) in [6.07, 6.45) is 2.16. The van der Waals surface area contributed by atoms with Crippen LogP contribution in [0.25, 0.3) is 0 Å². The first-order valence-corrected chi connectivity index (χ1v) is 14.6. The van der Waals surface area contributed by atoms with Gasteiger partial charge in [-0.3, -0.25) is 24.5 Å². The van der Waals surface area contributed by atoms with Crippen molar-refractivity contribution in [3.8, 4) is 5.75 Å². The molecular weight excluding hydrogens is 536 g/mol. The summed E-state index contributed by atoms with van der Waals surface area (Å²) < 4.78 is 6.08. The van der Waals surface area contributed by atoms with Gasteiger partial charge in [-0.2, -0.15) is 10.2 Å². The summed E-state index contributed by atoms with van der Waals surface area (Å²) in [7, 11) is 0. The number of rotatable bonds is 12. The van der Waals surface area contributed by atoms with E-state index >= 15 is 0 Å². The molecule has 2 heterocycles. The van der Waals surface area contributed by atoms with Gasteiger partial charge in [0.2, 0.25) is 11.8 Å². The maximum Gasteiger partial charge on any atom is 0.257 e. The highest BCUT2D eigenvalue weighted by Crippen LogP contribution is 2.40. The third-order valence-electron chi connectivity index (χ3n) is 7.51. The average molecular weight is 577 g/mol. The van der Waals surface area contributed by atoms with Crippen LogP contribution in [0, 0.1) is 0 Å². The number of hydrogen-bond donors (Lipinski definition) is 3. The number of imide groups is 1. The molecule has 11 heteroatoms. The number of fused-ring (bicyclic) bond motifs is 1. The Morgan fingerprint density at radius 1 is 1.10 bits per heavy atom. The van der Waals surface area contributed by atoms with Crippen LogP contribution in [0.15, 0.2) is 40.6 Å². The summed E-state index contributed by atoms with van der Waals surface area (Å²) in [6, 6.07) is 8.39. The fourth-order valence-corrected chi connectivity index (χ4v) is 5.20. The predicted molar refractivity (Wildman–Crippen MR) is 158 cm³/mol. The zero-order valence-electron chi connectivity index (χ0n) is 24.7. The van der Waals surface area contributed by atoms with Gasteiger partial charge in [-0.25, -0.2) is 0 Å². The van der Waals surface area contributed by atoms with Crippen LogP contribution in [0.1, 0.15) is 92.3 Å². The second-order valence-electron chi connectivity index (χ2n) is 11.3. The molecule has 1 unspecified atom stereocenters. The van der Waals surface area contributed by atoms with Crippen molar-refractivity contribution in [3.63, 3.8) is 0 Å². The van der Waals surface area contributed by atoms with Crippen LogP contribution in [0.2, 0.25) is 0 Å². The van der Waals surface area contributed by atoms with E-state index in [2.05, 4.69) is 48.6 Å². The molecule has 0 radical (unpaired) electrons. The number of hydrogen-bond acceptors (Lipinski definition) is 8. The van der Waals surface area contributed by atoms with Gasteiger partial charge in [0, 0.05) is 30.6 Å². The van der Waals surface area contributed by atoms with Gasteiger partial charge in [-0.05, 0) is 73.0 Å². The monoisotopic (exact) mass is 576 g/mol. The molecule has 224 valence electrons. The van der Waals surface area contributed by atoms with Crippen LogP contribution >= 0.6 is 0 Å². The number of amides is 4. The number of nitrogens with two attached hydrogens (primary N) is 1. The molecule has 4 amide bonds. The lowest BCUT2D eigenvalue weighted by Crippen LogP contribution is -2.52. The Morgan fingerprint density at radius 2 is 1.81 bits per heavy atom. The Morgan fingerprint density at radius 3 is 2.45 bits per heavy atom. The normalized spacial score (nSPS) is 16.9. The molecule has 0 bridgehead atoms. The molecule has 0 spiro atoms. The number of carbonyl (C=O) groups is 4. The Bertz CT molecular complexity index is 1360. The number of unbranched alkanes of at least 4 members (excludes halogenated alkanes) is 1. The van der Waals surface area contributed by atoms with E-state index in [1.54, 1.807) is 18.2 Å². The molecule has 4 rings (SSSR count). The number of nitrogens with one attached hydrogen (secondary N) is 2. The third-order valence-corrected chi connectivity index (χ3v) is 7.51. The molecule has 2 aromatic carbocycles. The highest BCUT2D eigenvalue weighted by atomic mass is 16.5. The summed E-state index contributed by atoms with van der Waals surface area (Å²) in [5.41, 5.74) is 9.70. The average Bonchev–Trinajstić information content (AvgIpc) is 3.29. The second-order valence-corrected chi connectivity index (χ2v) is 11.3. The first-order chi connectivity index (χ1) is 20.1. The molecule has 1 saturated heterocycles. The van der Waals surface area contributed by atoms with Gasteiger partial charge in [-0.15, -0.1) is 0 Å². The molecule has 42 heavy (non-hydrogen) atoms. The number of azo groups is 1. The summed E-state index contributed by atoms with van der Waals surface area (Å²) in [4.78, 5) is 51.1. The van der Waals surface area contributed by atoms with Crippen molar-refractivity contribution >= 4 is 35.0 Å². The topological polar surface area (TPSA) is 156 Å². The minimum absolute atomic E-state index is 0.0865. The number of ether oxygens (including phenoxy) is 1. The minimum atomic E-state index is -0.699. The molecule has 1 atom stereocenters. The largest absolute Gasteiger partial charge is 0.483 e. The molecule has 0 aromatic heterocycles. The van der Waals surface area contributed by atoms with Gasteiger partial charge in [-0.1, -0.05) is 33.8 Å². The highest BCUT2D eigenvalue weighted by molar-refractivity contribution is 6.06. The van der Waals surface area contributed by atoms with E-state index in [0.29, 0.717) is 47.8 Å². The standard InChI is InChI=1S/C31H40N6O5/c1-18(2)22-14-20(15-23(19(3)4)29(22)42-17-28(39)33-13-6-5-12-32)35-36-25-9-7-8-21-24(25)16-37(31(21)41)26-10-11-27(38)34-30(26)40/h7-9,14-15,18-19,26H,5-6,10-13,16-17,32H2,1-4H3,(H,33,39)(H,34,38,40)/b36-35+. The lowest BCUT2D eigenvalue weighted by Gasteiger charge is -2.29. The van der Waals surface area contributed by atoms with E-state index in [-0.39, 0.29) is 49.1 Å². The van der Waals surface area contributed by atoms with Gasteiger partial charge in [0.15, 0.2) is 6.61 Å². The van der Waals surface area contributed by atoms with Crippen molar-refractivity contribution in [3.05, 3.63) is 52.6 Å². The maximum atomic E-state index is 13.2. The van der Waals surface area contributed by atoms with E-state index in [9.17, 15) is 19.2 Å². The van der Waals surface area contributed by atoms with Crippen molar-refractivity contribution in [1.29, 1.82) is 0 Å². The number of benzene rings is 2. The van der Waals surface area contributed by atoms with Crippen LogP contribution < -0.4 is 21.1 Å². The Hall–Kier alpha value is -4.12. The van der Waals surface area contributed by atoms with Crippen LogP contribution in [0.5, 0.6) is 5.75 Å². The fourth-order valence-electron chi connectivity index (χ4n) is 5.20. The van der Waals surface area contributed by atoms with E-state index < -0.39 is 11.9 Å². The van der Waals surface area contributed by atoms with Crippen molar-refractivity contribution in [2.45, 2.75) is 77.8 Å². The first kappa shape index (κ1) is 30.8. The molecule has 2 aliphatic rings. The molecule has 0 saturated carbocycles. The third kappa shape index (κ3) is 7.02. The van der Waals surface area contributed by atoms with Crippen molar-refractivity contribution in [1.82, 2.24) is 15.5 Å². The molecule has 4 N–H and O–H groups in total. The van der Waals surface area contributed by atoms with Gasteiger partial charge in [0.05, 0.1) is 11.4 Å². The van der Waals surface area contributed by atoms with Crippen LogP contribution in [-0.2, 0) is 20.9 Å². The van der Waals surface area contributed by atoms with Gasteiger partial charge in [0.25, 0.3) is 11.8 Å². The van der Waals surface area contributed by atoms with E-state index in [4.69, 9.17) is 10.5 Å². The van der Waals surface area contributed by atoms with Gasteiger partial charge < -0.3 is 20.7 Å². The van der Waals surface area contributed by atoms with Crippen molar-refractivity contribution in [2.75, 3.05) is 19.7 Å². The predicted octanol–water partition coefficient (Wildman–Crippen LogP) is 4.34. The van der Waals surface area contributed by atoms with Crippen molar-refractivity contribution < 1.29 is 23.9 Å². The fraction of sp³-hybridized carbons (Fsp3) is 0.484. The maximum absolute atomic E-state index is 13.2. The molecule has 2 aliphatic heterocycles. The van der Waals surface area contributed by atoms with E-state index in [0.717, 1.165) is 24.0 Å². The lowest BCUT2D eigenvalue weighted by molar-refractivity contribution is -0.137. The Labute approximate surface area is 246 Å². The SMILES string of the molecule is CC(C)c1cc(/N=N/c2cccc3c2CN(C2CCC(=O)NC2=O)C3=O)cc(C(C)C)c1OCC(=O)NCCCCN.